The average molecular weight is 246 g/mol. The number of hydrogen-bond acceptors (Lipinski definition) is 3. The average Bonchev–Trinajstić information content (AvgIpc) is 2.69. The van der Waals surface area contributed by atoms with E-state index in [2.05, 4.69) is 6.58 Å². The predicted octanol–water partition coefficient (Wildman–Crippen LogP) is 1.52. The van der Waals surface area contributed by atoms with Crippen molar-refractivity contribution in [3.8, 4) is 5.75 Å². The van der Waals surface area contributed by atoms with Gasteiger partial charge in [-0.05, 0) is 30.5 Å². The van der Waals surface area contributed by atoms with E-state index in [-0.39, 0.29) is 11.8 Å². The van der Waals surface area contributed by atoms with E-state index in [1.807, 2.05) is 24.3 Å². The molecule has 4 nitrogen and oxygen atoms in total. The third-order valence-electron chi connectivity index (χ3n) is 3.10. The molecule has 1 heterocycles. The minimum Gasteiger partial charge on any atom is -0.490 e. The summed E-state index contributed by atoms with van der Waals surface area (Å²) in [6.45, 7) is 4.75. The van der Waals surface area contributed by atoms with Gasteiger partial charge < -0.3 is 4.74 Å². The SMILES string of the molecule is C=CCOc1cccc(CC2CCN(N)C2=O)c1. The molecule has 1 aliphatic rings. The second-order valence-electron chi connectivity index (χ2n) is 4.47. The Morgan fingerprint density at radius 1 is 1.56 bits per heavy atom. The minimum atomic E-state index is 0.00431. The van der Waals surface area contributed by atoms with Crippen LogP contribution in [-0.2, 0) is 11.2 Å². The number of carbonyl (C=O) groups is 1. The van der Waals surface area contributed by atoms with Gasteiger partial charge in [0.05, 0.1) is 0 Å². The molecule has 18 heavy (non-hydrogen) atoms. The highest BCUT2D eigenvalue weighted by Gasteiger charge is 2.29. The summed E-state index contributed by atoms with van der Waals surface area (Å²) in [7, 11) is 0. The van der Waals surface area contributed by atoms with Crippen LogP contribution in [-0.4, -0.2) is 24.1 Å². The van der Waals surface area contributed by atoms with Gasteiger partial charge in [0.25, 0.3) is 0 Å². The van der Waals surface area contributed by atoms with Crippen molar-refractivity contribution < 1.29 is 9.53 Å². The van der Waals surface area contributed by atoms with Crippen LogP contribution in [0.1, 0.15) is 12.0 Å². The van der Waals surface area contributed by atoms with Crippen molar-refractivity contribution in [2.24, 2.45) is 11.8 Å². The quantitative estimate of drug-likeness (QED) is 0.487. The molecule has 2 N–H and O–H groups in total. The zero-order valence-corrected chi connectivity index (χ0v) is 10.3. The van der Waals surface area contributed by atoms with Gasteiger partial charge in [-0.15, -0.1) is 0 Å². The Bertz CT molecular complexity index is 445. The lowest BCUT2D eigenvalue weighted by Crippen LogP contribution is -2.34. The molecular formula is C14H18N2O2. The third-order valence-corrected chi connectivity index (χ3v) is 3.10. The minimum absolute atomic E-state index is 0.00431. The topological polar surface area (TPSA) is 55.6 Å². The largest absolute Gasteiger partial charge is 0.490 e. The van der Waals surface area contributed by atoms with Crippen LogP contribution in [0.3, 0.4) is 0 Å². The molecule has 1 aliphatic heterocycles. The molecular weight excluding hydrogens is 228 g/mol. The van der Waals surface area contributed by atoms with Crippen molar-refractivity contribution in [3.63, 3.8) is 0 Å². The van der Waals surface area contributed by atoms with Crippen LogP contribution in [0.2, 0.25) is 0 Å². The fraction of sp³-hybridized carbons (Fsp3) is 0.357. The molecule has 1 atom stereocenters. The van der Waals surface area contributed by atoms with E-state index in [4.69, 9.17) is 10.6 Å². The second-order valence-corrected chi connectivity index (χ2v) is 4.47. The van der Waals surface area contributed by atoms with Gasteiger partial charge in [0.15, 0.2) is 0 Å². The van der Waals surface area contributed by atoms with E-state index < -0.39 is 0 Å². The maximum atomic E-state index is 11.7. The molecule has 0 bridgehead atoms. The van der Waals surface area contributed by atoms with Crippen LogP contribution in [0.25, 0.3) is 0 Å². The highest BCUT2D eigenvalue weighted by atomic mass is 16.5. The molecule has 1 unspecified atom stereocenters. The lowest BCUT2D eigenvalue weighted by molar-refractivity contribution is -0.131. The molecule has 0 aromatic heterocycles. The van der Waals surface area contributed by atoms with E-state index in [0.29, 0.717) is 13.2 Å². The molecule has 0 radical (unpaired) electrons. The van der Waals surface area contributed by atoms with Crippen molar-refractivity contribution in [2.75, 3.05) is 13.2 Å². The van der Waals surface area contributed by atoms with E-state index in [9.17, 15) is 4.79 Å². The Labute approximate surface area is 107 Å². The van der Waals surface area contributed by atoms with Crippen LogP contribution in [0.15, 0.2) is 36.9 Å². The summed E-state index contributed by atoms with van der Waals surface area (Å²) in [6, 6.07) is 7.81. The van der Waals surface area contributed by atoms with Crippen LogP contribution >= 0.6 is 0 Å². The van der Waals surface area contributed by atoms with Crippen LogP contribution in [0.4, 0.5) is 0 Å². The Kier molecular flexibility index (Phi) is 3.99. The molecule has 0 spiro atoms. The van der Waals surface area contributed by atoms with Gasteiger partial charge in [-0.25, -0.2) is 5.84 Å². The molecule has 2 rings (SSSR count). The van der Waals surface area contributed by atoms with E-state index in [0.717, 1.165) is 24.2 Å². The fourth-order valence-corrected chi connectivity index (χ4v) is 2.15. The number of benzene rings is 1. The first-order valence-electron chi connectivity index (χ1n) is 6.09. The highest BCUT2D eigenvalue weighted by Crippen LogP contribution is 2.22. The number of nitrogens with two attached hydrogens (primary N) is 1. The summed E-state index contributed by atoms with van der Waals surface area (Å²) in [5.41, 5.74) is 1.10. The first-order chi connectivity index (χ1) is 8.70. The summed E-state index contributed by atoms with van der Waals surface area (Å²) in [4.78, 5) is 11.7. The highest BCUT2D eigenvalue weighted by molar-refractivity contribution is 5.80. The summed E-state index contributed by atoms with van der Waals surface area (Å²) in [6.07, 6.45) is 3.25. The number of rotatable bonds is 5. The number of ether oxygens (including phenoxy) is 1. The normalized spacial score (nSPS) is 19.1. The summed E-state index contributed by atoms with van der Waals surface area (Å²) < 4.78 is 5.47. The lowest BCUT2D eigenvalue weighted by Gasteiger charge is -2.11. The number of hydrazine groups is 1. The smallest absolute Gasteiger partial charge is 0.239 e. The lowest BCUT2D eigenvalue weighted by atomic mass is 9.98. The molecule has 1 fully saturated rings. The zero-order chi connectivity index (χ0) is 13.0. The molecule has 0 saturated carbocycles. The van der Waals surface area contributed by atoms with Gasteiger partial charge in [-0.3, -0.25) is 9.80 Å². The Balaban J connectivity index is 2.01. The van der Waals surface area contributed by atoms with Crippen LogP contribution < -0.4 is 10.6 Å². The summed E-state index contributed by atoms with van der Waals surface area (Å²) >= 11 is 0. The summed E-state index contributed by atoms with van der Waals surface area (Å²) in [5.74, 6) is 6.41. The van der Waals surface area contributed by atoms with Gasteiger partial charge in [0, 0.05) is 12.5 Å². The zero-order valence-electron chi connectivity index (χ0n) is 10.3. The number of nitrogens with zero attached hydrogens (tertiary/aromatic N) is 1. The van der Waals surface area contributed by atoms with Crippen molar-refractivity contribution in [1.82, 2.24) is 5.01 Å². The fourth-order valence-electron chi connectivity index (χ4n) is 2.15. The van der Waals surface area contributed by atoms with E-state index in [1.165, 1.54) is 5.01 Å². The van der Waals surface area contributed by atoms with Crippen molar-refractivity contribution in [1.29, 1.82) is 0 Å². The standard InChI is InChI=1S/C14H18N2O2/c1-2-8-18-13-5-3-4-11(10-13)9-12-6-7-16(15)14(12)17/h2-5,10,12H,1,6-9,15H2. The van der Waals surface area contributed by atoms with Crippen LogP contribution in [0.5, 0.6) is 5.75 Å². The van der Waals surface area contributed by atoms with Gasteiger partial charge >= 0.3 is 0 Å². The van der Waals surface area contributed by atoms with E-state index in [1.54, 1.807) is 6.08 Å². The van der Waals surface area contributed by atoms with E-state index >= 15 is 0 Å². The first-order valence-corrected chi connectivity index (χ1v) is 6.09. The maximum absolute atomic E-state index is 11.7. The maximum Gasteiger partial charge on any atom is 0.239 e. The third kappa shape index (κ3) is 2.90. The Morgan fingerprint density at radius 3 is 3.06 bits per heavy atom. The first kappa shape index (κ1) is 12.6. The summed E-state index contributed by atoms with van der Waals surface area (Å²) in [5, 5.41) is 1.31. The van der Waals surface area contributed by atoms with Gasteiger partial charge in [0.1, 0.15) is 12.4 Å². The number of hydrogen-bond donors (Lipinski definition) is 1. The van der Waals surface area contributed by atoms with Crippen molar-refractivity contribution in [2.45, 2.75) is 12.8 Å². The molecule has 1 aromatic carbocycles. The van der Waals surface area contributed by atoms with Gasteiger partial charge in [0.2, 0.25) is 5.91 Å². The predicted molar refractivity (Wildman–Crippen MR) is 69.8 cm³/mol. The molecule has 1 saturated heterocycles. The second kappa shape index (κ2) is 5.69. The van der Waals surface area contributed by atoms with Gasteiger partial charge in [-0.1, -0.05) is 24.8 Å². The van der Waals surface area contributed by atoms with Crippen LogP contribution in [0, 0.1) is 5.92 Å². The molecule has 0 aliphatic carbocycles. The van der Waals surface area contributed by atoms with Crippen molar-refractivity contribution >= 4 is 5.91 Å². The molecule has 4 heteroatoms. The number of carbonyl (C=O) groups excluding carboxylic acids is 1. The molecule has 96 valence electrons. The molecule has 1 amide bonds. The molecule has 1 aromatic rings. The van der Waals surface area contributed by atoms with Crippen molar-refractivity contribution in [3.05, 3.63) is 42.5 Å². The number of amides is 1. The van der Waals surface area contributed by atoms with Gasteiger partial charge in [-0.2, -0.15) is 0 Å². The monoisotopic (exact) mass is 246 g/mol. The Morgan fingerprint density at radius 2 is 2.39 bits per heavy atom. The Hall–Kier alpha value is -1.81.